The van der Waals surface area contributed by atoms with Crippen molar-refractivity contribution >= 4 is 6.29 Å². The van der Waals surface area contributed by atoms with Gasteiger partial charge in [0.15, 0.2) is 18.7 Å². The van der Waals surface area contributed by atoms with Gasteiger partial charge in [0.25, 0.3) is 0 Å². The summed E-state index contributed by atoms with van der Waals surface area (Å²) in [6.45, 7) is -0.0524. The highest BCUT2D eigenvalue weighted by Crippen LogP contribution is 2.05. The number of rotatable bonds is 4. The first-order valence-corrected chi connectivity index (χ1v) is 3.18. The summed E-state index contributed by atoms with van der Waals surface area (Å²) < 4.78 is 4.88. The van der Waals surface area contributed by atoms with E-state index in [1.807, 2.05) is 0 Å². The van der Waals surface area contributed by atoms with Crippen LogP contribution in [0.3, 0.4) is 0 Å². The summed E-state index contributed by atoms with van der Waals surface area (Å²) in [4.78, 5) is 14.5. The minimum absolute atomic E-state index is 0.0524. The average molecular weight is 172 g/mol. The molecule has 1 heterocycles. The van der Waals surface area contributed by atoms with E-state index >= 15 is 0 Å². The highest BCUT2D eigenvalue weighted by atomic mass is 16.9. The Labute approximate surface area is 68.0 Å². The third kappa shape index (κ3) is 2.44. The van der Waals surface area contributed by atoms with Crippen molar-refractivity contribution in [3.05, 3.63) is 28.9 Å². The van der Waals surface area contributed by atoms with Gasteiger partial charge in [-0.2, -0.15) is 4.84 Å². The predicted molar refractivity (Wildman–Crippen MR) is 37.4 cm³/mol. The molecule has 0 aromatic carbocycles. The molecule has 12 heavy (non-hydrogen) atoms. The van der Waals surface area contributed by atoms with E-state index < -0.39 is 5.34 Å². The molecule has 0 radical (unpaired) electrons. The molecule has 0 saturated carbocycles. The molecule has 0 aliphatic rings. The first kappa shape index (κ1) is 8.88. The van der Waals surface area contributed by atoms with Crippen molar-refractivity contribution in [2.75, 3.05) is 0 Å². The standard InChI is InChI=1S/C6H8N2O4/c7-8(10)11-4-6-2-1-5(3-9)12-6/h1-3,8H,4,7H2. The van der Waals surface area contributed by atoms with Gasteiger partial charge in [0.1, 0.15) is 5.76 Å². The van der Waals surface area contributed by atoms with Crippen LogP contribution in [0.5, 0.6) is 0 Å². The van der Waals surface area contributed by atoms with Gasteiger partial charge in [-0.05, 0) is 12.1 Å². The van der Waals surface area contributed by atoms with Gasteiger partial charge in [0.2, 0.25) is 0 Å². The second kappa shape index (κ2) is 3.98. The Morgan fingerprint density at radius 3 is 3.00 bits per heavy atom. The molecular weight excluding hydrogens is 164 g/mol. The lowest BCUT2D eigenvalue weighted by molar-refractivity contribution is -1.07. The zero-order chi connectivity index (χ0) is 8.97. The summed E-state index contributed by atoms with van der Waals surface area (Å²) in [5.74, 6) is 5.28. The lowest BCUT2D eigenvalue weighted by atomic mass is 10.4. The number of carbonyl (C=O) groups is 1. The van der Waals surface area contributed by atoms with Crippen LogP contribution in [0.2, 0.25) is 0 Å². The van der Waals surface area contributed by atoms with Crippen molar-refractivity contribution < 1.29 is 19.4 Å². The van der Waals surface area contributed by atoms with E-state index in [1.165, 1.54) is 12.1 Å². The van der Waals surface area contributed by atoms with Crippen LogP contribution >= 0.6 is 0 Å². The second-order valence-electron chi connectivity index (χ2n) is 2.03. The number of quaternary nitrogens is 1. The number of nitrogens with one attached hydrogen (secondary N) is 1. The van der Waals surface area contributed by atoms with Crippen LogP contribution in [0.1, 0.15) is 16.3 Å². The molecule has 3 N–H and O–H groups in total. The lowest BCUT2D eigenvalue weighted by Crippen LogP contribution is -3.12. The monoisotopic (exact) mass is 172 g/mol. The number of nitrogens with two attached hydrogens (primary N) is 1. The van der Waals surface area contributed by atoms with Crippen LogP contribution in [-0.4, -0.2) is 6.29 Å². The van der Waals surface area contributed by atoms with Crippen molar-refractivity contribution in [1.82, 2.24) is 0 Å². The molecule has 6 nitrogen and oxygen atoms in total. The number of furan rings is 1. The summed E-state index contributed by atoms with van der Waals surface area (Å²) in [7, 11) is 0. The van der Waals surface area contributed by atoms with Crippen molar-refractivity contribution in [3.63, 3.8) is 0 Å². The molecule has 0 bridgehead atoms. The fourth-order valence-electron chi connectivity index (χ4n) is 0.678. The first-order valence-electron chi connectivity index (χ1n) is 3.18. The molecule has 1 rings (SSSR count). The minimum Gasteiger partial charge on any atom is -0.580 e. The molecule has 0 amide bonds. The van der Waals surface area contributed by atoms with E-state index in [1.54, 1.807) is 0 Å². The van der Waals surface area contributed by atoms with E-state index in [9.17, 15) is 10.0 Å². The number of hydrogen-bond donors (Lipinski definition) is 2. The van der Waals surface area contributed by atoms with Crippen LogP contribution in [0.15, 0.2) is 16.5 Å². The van der Waals surface area contributed by atoms with E-state index in [4.69, 9.17) is 10.3 Å². The molecule has 0 fully saturated rings. The van der Waals surface area contributed by atoms with Gasteiger partial charge in [0.05, 0.1) is 0 Å². The van der Waals surface area contributed by atoms with Gasteiger partial charge in [-0.25, -0.2) is 0 Å². The summed E-state index contributed by atoms with van der Waals surface area (Å²) in [6.07, 6.45) is 0.563. The predicted octanol–water partition coefficient (Wildman–Crippen LogP) is -1.22. The molecule has 0 aliphatic carbocycles. The highest BCUT2D eigenvalue weighted by molar-refractivity contribution is 5.70. The van der Waals surface area contributed by atoms with Crippen LogP contribution in [-0.2, 0) is 11.4 Å². The number of hydrogen-bond acceptors (Lipinski definition) is 5. The van der Waals surface area contributed by atoms with Crippen molar-refractivity contribution in [3.8, 4) is 0 Å². The van der Waals surface area contributed by atoms with E-state index in [-0.39, 0.29) is 12.4 Å². The minimum atomic E-state index is -0.876. The second-order valence-corrected chi connectivity index (χ2v) is 2.03. The zero-order valence-electron chi connectivity index (χ0n) is 6.15. The van der Waals surface area contributed by atoms with Gasteiger partial charge in [0, 0.05) is 0 Å². The molecule has 0 spiro atoms. The zero-order valence-corrected chi connectivity index (χ0v) is 6.15. The third-order valence-corrected chi connectivity index (χ3v) is 1.16. The Kier molecular flexibility index (Phi) is 2.94. The Bertz CT molecular complexity index is 258. The maximum Gasteiger partial charge on any atom is 0.185 e. The molecular formula is C6H8N2O4. The molecule has 1 unspecified atom stereocenters. The van der Waals surface area contributed by atoms with Crippen molar-refractivity contribution in [1.29, 1.82) is 0 Å². The smallest absolute Gasteiger partial charge is 0.185 e. The molecule has 1 aromatic rings. The van der Waals surface area contributed by atoms with E-state index in [0.29, 0.717) is 12.0 Å². The fraction of sp³-hybridized carbons (Fsp3) is 0.167. The Morgan fingerprint density at radius 1 is 1.75 bits per heavy atom. The van der Waals surface area contributed by atoms with Crippen LogP contribution in [0.25, 0.3) is 0 Å². The maximum atomic E-state index is 10.1. The number of aldehydes is 1. The van der Waals surface area contributed by atoms with Crippen molar-refractivity contribution in [2.24, 2.45) is 5.84 Å². The first-order chi connectivity index (χ1) is 5.72. The molecule has 1 aromatic heterocycles. The lowest BCUT2D eigenvalue weighted by Gasteiger charge is -2.10. The average Bonchev–Trinajstić information content (AvgIpc) is 2.48. The largest absolute Gasteiger partial charge is 0.580 e. The molecule has 6 heteroatoms. The summed E-state index contributed by atoms with van der Waals surface area (Å²) in [5, 5.41) is 9.26. The van der Waals surface area contributed by atoms with Gasteiger partial charge < -0.3 is 9.62 Å². The van der Waals surface area contributed by atoms with Crippen LogP contribution in [0.4, 0.5) is 0 Å². The summed E-state index contributed by atoms with van der Waals surface area (Å²) >= 11 is 0. The molecule has 66 valence electrons. The molecule has 0 aliphatic heterocycles. The Balaban J connectivity index is 2.47. The van der Waals surface area contributed by atoms with Gasteiger partial charge in [-0.15, -0.1) is 11.2 Å². The van der Waals surface area contributed by atoms with Gasteiger partial charge >= 0.3 is 0 Å². The Morgan fingerprint density at radius 2 is 2.50 bits per heavy atom. The topological polar surface area (TPSA) is 93.0 Å². The van der Waals surface area contributed by atoms with Gasteiger partial charge in [-0.1, -0.05) is 0 Å². The van der Waals surface area contributed by atoms with Crippen molar-refractivity contribution in [2.45, 2.75) is 6.61 Å². The fourth-order valence-corrected chi connectivity index (χ4v) is 0.678. The quantitative estimate of drug-likeness (QED) is 0.337. The molecule has 0 saturated heterocycles. The third-order valence-electron chi connectivity index (χ3n) is 1.16. The van der Waals surface area contributed by atoms with E-state index in [2.05, 4.69) is 4.84 Å². The Hall–Kier alpha value is -1.21. The maximum absolute atomic E-state index is 10.1. The highest BCUT2D eigenvalue weighted by Gasteiger charge is 2.02. The molecule has 1 atom stereocenters. The van der Waals surface area contributed by atoms with E-state index in [0.717, 1.165) is 0 Å². The van der Waals surface area contributed by atoms with Crippen LogP contribution in [0, 0.1) is 5.21 Å². The SMILES string of the molecule is N[NH+]([O-])OCc1ccc(C=O)o1. The summed E-state index contributed by atoms with van der Waals surface area (Å²) in [5.41, 5.74) is 0. The van der Waals surface area contributed by atoms with Crippen LogP contribution < -0.4 is 11.2 Å². The normalized spacial score (nSPS) is 12.8. The van der Waals surface area contributed by atoms with Gasteiger partial charge in [-0.3, -0.25) is 4.79 Å². The number of carbonyl (C=O) groups excluding carboxylic acids is 1. The summed E-state index contributed by atoms with van der Waals surface area (Å²) in [6, 6.07) is 3.01.